The van der Waals surface area contributed by atoms with Crippen molar-refractivity contribution in [2.45, 2.75) is 4.90 Å². The molecule has 0 unspecified atom stereocenters. The predicted octanol–water partition coefficient (Wildman–Crippen LogP) is 5.07. The standard InChI is InChI=1S/C24H17N5O2S2/c1-33(30,31)17-9-6-15(7-10-17)23-18(12-26-28-23)16-8-11-22-25-13-20(29(22)14-16)24-27-19-4-2-3-5-21(19)32-24/h2-14H,1H3,(H,26,28). The van der Waals surface area contributed by atoms with Crippen LogP contribution in [-0.2, 0) is 9.84 Å². The first kappa shape index (κ1) is 19.8. The number of para-hydroxylation sites is 1. The summed E-state index contributed by atoms with van der Waals surface area (Å²) in [5, 5.41) is 8.20. The molecule has 1 N–H and O–H groups in total. The third kappa shape index (κ3) is 3.42. The highest BCUT2D eigenvalue weighted by Gasteiger charge is 2.15. The maximum absolute atomic E-state index is 11.8. The van der Waals surface area contributed by atoms with E-state index in [1.807, 2.05) is 47.1 Å². The predicted molar refractivity (Wildman–Crippen MR) is 130 cm³/mol. The molecule has 2 aromatic carbocycles. The molecule has 4 heterocycles. The Kier molecular flexibility index (Phi) is 4.42. The van der Waals surface area contributed by atoms with Crippen LogP contribution in [0.4, 0.5) is 0 Å². The topological polar surface area (TPSA) is 93.0 Å². The van der Waals surface area contributed by atoms with E-state index in [2.05, 4.69) is 21.2 Å². The minimum absolute atomic E-state index is 0.285. The van der Waals surface area contributed by atoms with E-state index < -0.39 is 9.84 Å². The zero-order valence-corrected chi connectivity index (χ0v) is 19.1. The molecule has 7 nitrogen and oxygen atoms in total. The van der Waals surface area contributed by atoms with Gasteiger partial charge >= 0.3 is 0 Å². The molecule has 162 valence electrons. The summed E-state index contributed by atoms with van der Waals surface area (Å²) < 4.78 is 26.8. The minimum Gasteiger partial charge on any atom is -0.297 e. The van der Waals surface area contributed by atoms with Gasteiger partial charge in [-0.25, -0.2) is 18.4 Å². The van der Waals surface area contributed by atoms with Crippen LogP contribution in [0.3, 0.4) is 0 Å². The molecule has 0 saturated heterocycles. The van der Waals surface area contributed by atoms with Gasteiger partial charge in [0.05, 0.1) is 33.2 Å². The fourth-order valence-corrected chi connectivity index (χ4v) is 5.48. The number of pyridine rings is 1. The van der Waals surface area contributed by atoms with Gasteiger partial charge in [-0.3, -0.25) is 9.50 Å². The summed E-state index contributed by atoms with van der Waals surface area (Å²) in [6, 6.07) is 18.8. The summed E-state index contributed by atoms with van der Waals surface area (Å²) in [6.45, 7) is 0. The number of aromatic nitrogens is 5. The van der Waals surface area contributed by atoms with Gasteiger partial charge in [-0.05, 0) is 36.4 Å². The summed E-state index contributed by atoms with van der Waals surface area (Å²) in [5.74, 6) is 0. The fourth-order valence-electron chi connectivity index (χ4n) is 3.87. The van der Waals surface area contributed by atoms with Crippen LogP contribution in [0.1, 0.15) is 0 Å². The maximum atomic E-state index is 11.8. The summed E-state index contributed by atoms with van der Waals surface area (Å²) >= 11 is 1.64. The van der Waals surface area contributed by atoms with Crippen molar-refractivity contribution in [1.82, 2.24) is 24.6 Å². The summed E-state index contributed by atoms with van der Waals surface area (Å²) in [5.41, 5.74) is 6.26. The maximum Gasteiger partial charge on any atom is 0.175 e. The van der Waals surface area contributed by atoms with Gasteiger partial charge < -0.3 is 0 Å². The van der Waals surface area contributed by atoms with E-state index in [-0.39, 0.29) is 4.90 Å². The largest absolute Gasteiger partial charge is 0.297 e. The lowest BCUT2D eigenvalue weighted by Crippen LogP contribution is -1.96. The molecule has 6 aromatic rings. The number of benzene rings is 2. The van der Waals surface area contributed by atoms with Crippen LogP contribution in [0, 0.1) is 0 Å². The Balaban J connectivity index is 1.45. The number of nitrogens with zero attached hydrogens (tertiary/aromatic N) is 4. The van der Waals surface area contributed by atoms with E-state index in [1.54, 1.807) is 41.8 Å². The van der Waals surface area contributed by atoms with Crippen LogP contribution in [0.15, 0.2) is 84.1 Å². The van der Waals surface area contributed by atoms with Crippen LogP contribution >= 0.6 is 11.3 Å². The van der Waals surface area contributed by atoms with Gasteiger partial charge in [0.1, 0.15) is 16.3 Å². The molecule has 0 aliphatic heterocycles. The average molecular weight is 472 g/mol. The first-order chi connectivity index (χ1) is 16.0. The quantitative estimate of drug-likeness (QED) is 0.387. The highest BCUT2D eigenvalue weighted by molar-refractivity contribution is 7.90. The second-order valence-electron chi connectivity index (χ2n) is 7.73. The minimum atomic E-state index is -3.25. The molecule has 0 spiro atoms. The highest BCUT2D eigenvalue weighted by atomic mass is 32.2. The van der Waals surface area contributed by atoms with Gasteiger partial charge in [0, 0.05) is 29.1 Å². The van der Waals surface area contributed by atoms with Crippen molar-refractivity contribution >= 4 is 37.0 Å². The molecule has 0 aliphatic rings. The number of imidazole rings is 1. The molecule has 0 atom stereocenters. The molecule has 0 bridgehead atoms. The SMILES string of the molecule is CS(=O)(=O)c1ccc(-c2[nH]ncc2-c2ccc3ncc(-c4nc5ccccc5s4)n3c2)cc1. The Morgan fingerprint density at radius 1 is 0.939 bits per heavy atom. The van der Waals surface area contributed by atoms with Gasteiger partial charge in [0.15, 0.2) is 9.84 Å². The zero-order chi connectivity index (χ0) is 22.6. The molecular weight excluding hydrogens is 454 g/mol. The number of nitrogens with one attached hydrogen (secondary N) is 1. The van der Waals surface area contributed by atoms with Gasteiger partial charge in [0.25, 0.3) is 0 Å². The van der Waals surface area contributed by atoms with Gasteiger partial charge in [0.2, 0.25) is 0 Å². The smallest absolute Gasteiger partial charge is 0.175 e. The van der Waals surface area contributed by atoms with E-state index in [4.69, 9.17) is 4.98 Å². The van der Waals surface area contributed by atoms with Crippen molar-refractivity contribution in [2.24, 2.45) is 0 Å². The number of hydrogen-bond donors (Lipinski definition) is 1. The Labute approximate surface area is 193 Å². The number of aromatic amines is 1. The third-order valence-corrected chi connectivity index (χ3v) is 7.73. The Hall–Kier alpha value is -3.82. The van der Waals surface area contributed by atoms with E-state index in [0.29, 0.717) is 0 Å². The van der Waals surface area contributed by atoms with Crippen molar-refractivity contribution < 1.29 is 8.42 Å². The Morgan fingerprint density at radius 3 is 2.52 bits per heavy atom. The molecule has 0 radical (unpaired) electrons. The van der Waals surface area contributed by atoms with Crippen LogP contribution in [0.2, 0.25) is 0 Å². The van der Waals surface area contributed by atoms with Gasteiger partial charge in [-0.2, -0.15) is 5.10 Å². The second-order valence-corrected chi connectivity index (χ2v) is 10.8. The molecule has 9 heteroatoms. The molecule has 6 rings (SSSR count). The van der Waals surface area contributed by atoms with Gasteiger partial charge in [-0.15, -0.1) is 11.3 Å². The zero-order valence-electron chi connectivity index (χ0n) is 17.4. The molecule has 0 saturated carbocycles. The van der Waals surface area contributed by atoms with Crippen molar-refractivity contribution in [3.63, 3.8) is 0 Å². The number of H-pyrrole nitrogens is 1. The molecule has 0 amide bonds. The molecular formula is C24H17N5O2S2. The summed E-state index contributed by atoms with van der Waals surface area (Å²) in [4.78, 5) is 9.62. The molecule has 33 heavy (non-hydrogen) atoms. The molecule has 4 aromatic heterocycles. The lowest BCUT2D eigenvalue weighted by atomic mass is 10.0. The number of fused-ring (bicyclic) bond motifs is 2. The fraction of sp³-hybridized carbons (Fsp3) is 0.0417. The van der Waals surface area contributed by atoms with Crippen molar-refractivity contribution in [2.75, 3.05) is 6.26 Å². The first-order valence-electron chi connectivity index (χ1n) is 10.1. The Bertz CT molecular complexity index is 1710. The normalized spacial score (nSPS) is 12.0. The molecule has 0 fully saturated rings. The third-order valence-electron chi connectivity index (χ3n) is 5.54. The number of sulfone groups is 1. The van der Waals surface area contributed by atoms with Crippen LogP contribution in [-0.4, -0.2) is 39.2 Å². The van der Waals surface area contributed by atoms with E-state index in [0.717, 1.165) is 48.9 Å². The molecule has 0 aliphatic carbocycles. The van der Waals surface area contributed by atoms with Crippen molar-refractivity contribution in [3.05, 3.63) is 79.3 Å². The monoisotopic (exact) mass is 471 g/mol. The Morgan fingerprint density at radius 2 is 1.73 bits per heavy atom. The summed E-state index contributed by atoms with van der Waals surface area (Å²) in [7, 11) is -3.25. The van der Waals surface area contributed by atoms with Gasteiger partial charge in [-0.1, -0.05) is 24.3 Å². The number of hydrogen-bond acceptors (Lipinski definition) is 6. The lowest BCUT2D eigenvalue weighted by Gasteiger charge is -2.07. The first-order valence-corrected chi connectivity index (χ1v) is 12.9. The second kappa shape index (κ2) is 7.36. The van der Waals surface area contributed by atoms with Crippen LogP contribution in [0.25, 0.3) is 48.9 Å². The highest BCUT2D eigenvalue weighted by Crippen LogP contribution is 2.34. The van der Waals surface area contributed by atoms with Crippen LogP contribution in [0.5, 0.6) is 0 Å². The number of thiazole rings is 1. The number of rotatable bonds is 4. The summed E-state index contributed by atoms with van der Waals surface area (Å²) in [6.07, 6.45) is 6.85. The lowest BCUT2D eigenvalue weighted by molar-refractivity contribution is 0.602. The van der Waals surface area contributed by atoms with E-state index in [9.17, 15) is 8.42 Å². The van der Waals surface area contributed by atoms with Crippen molar-refractivity contribution in [3.8, 4) is 33.1 Å². The van der Waals surface area contributed by atoms with E-state index >= 15 is 0 Å². The average Bonchev–Trinajstić information content (AvgIpc) is 3.55. The van der Waals surface area contributed by atoms with E-state index in [1.165, 1.54) is 6.26 Å². The van der Waals surface area contributed by atoms with Crippen molar-refractivity contribution in [1.29, 1.82) is 0 Å². The van der Waals surface area contributed by atoms with Crippen LogP contribution < -0.4 is 0 Å².